The van der Waals surface area contributed by atoms with Gasteiger partial charge in [-0.2, -0.15) is 0 Å². The molecule has 170 valence electrons. The number of anilines is 1. The third-order valence-electron chi connectivity index (χ3n) is 5.57. The minimum atomic E-state index is -1.40. The van der Waals surface area contributed by atoms with Crippen molar-refractivity contribution in [1.29, 1.82) is 0 Å². The fourth-order valence-corrected chi connectivity index (χ4v) is 5.00. The summed E-state index contributed by atoms with van der Waals surface area (Å²) in [6.07, 6.45) is 1.30. The SMILES string of the molecule is COC(=O)c1ccc(C2C(C(=O)c3ccco3)C(=O)C(=O)N2c2nc3ccc(F)cc3s2)cc1. The highest BCUT2D eigenvalue weighted by Gasteiger charge is 2.53. The van der Waals surface area contributed by atoms with Gasteiger partial charge in [0.05, 0.1) is 35.2 Å². The first kappa shape index (κ1) is 21.7. The molecule has 0 spiro atoms. The fourth-order valence-electron chi connectivity index (χ4n) is 3.98. The number of halogens is 1. The largest absolute Gasteiger partial charge is 0.465 e. The lowest BCUT2D eigenvalue weighted by Crippen LogP contribution is -2.30. The van der Waals surface area contributed by atoms with E-state index in [9.17, 15) is 23.6 Å². The number of nitrogens with zero attached hydrogens (tertiary/aromatic N) is 2. The van der Waals surface area contributed by atoms with Crippen molar-refractivity contribution < 1.29 is 32.7 Å². The lowest BCUT2D eigenvalue weighted by molar-refractivity contribution is -0.135. The van der Waals surface area contributed by atoms with Gasteiger partial charge in [0.15, 0.2) is 10.9 Å². The second kappa shape index (κ2) is 8.31. The van der Waals surface area contributed by atoms with E-state index >= 15 is 0 Å². The Labute approximate surface area is 195 Å². The van der Waals surface area contributed by atoms with Crippen LogP contribution in [0.2, 0.25) is 0 Å². The molecule has 5 rings (SSSR count). The average Bonchev–Trinajstić information content (AvgIpc) is 3.57. The van der Waals surface area contributed by atoms with Crippen molar-refractivity contribution in [1.82, 2.24) is 4.98 Å². The molecule has 1 fully saturated rings. The van der Waals surface area contributed by atoms with Gasteiger partial charge >= 0.3 is 5.97 Å². The molecule has 2 unspecified atom stereocenters. The van der Waals surface area contributed by atoms with E-state index in [4.69, 9.17) is 9.15 Å². The summed E-state index contributed by atoms with van der Waals surface area (Å²) in [6, 6.07) is 11.9. The average molecular weight is 478 g/mol. The van der Waals surface area contributed by atoms with Gasteiger partial charge in [0.1, 0.15) is 11.7 Å². The molecule has 34 heavy (non-hydrogen) atoms. The number of thiazole rings is 1. The molecule has 1 aliphatic heterocycles. The van der Waals surface area contributed by atoms with Crippen LogP contribution in [-0.4, -0.2) is 35.5 Å². The number of methoxy groups -OCH3 is 1. The number of ketones is 2. The van der Waals surface area contributed by atoms with Crippen LogP contribution < -0.4 is 4.90 Å². The normalized spacial score (nSPS) is 18.0. The second-order valence-corrected chi connectivity index (χ2v) is 8.53. The summed E-state index contributed by atoms with van der Waals surface area (Å²) >= 11 is 1.03. The van der Waals surface area contributed by atoms with Gasteiger partial charge < -0.3 is 9.15 Å². The molecule has 0 N–H and O–H groups in total. The zero-order valence-corrected chi connectivity index (χ0v) is 18.4. The molecule has 2 aromatic carbocycles. The van der Waals surface area contributed by atoms with Crippen LogP contribution in [0.5, 0.6) is 0 Å². The molecular formula is C24H15FN2O6S. The van der Waals surface area contributed by atoms with Crippen molar-refractivity contribution in [3.05, 3.63) is 83.6 Å². The summed E-state index contributed by atoms with van der Waals surface area (Å²) in [5.74, 6) is -4.95. The van der Waals surface area contributed by atoms with E-state index in [0.717, 1.165) is 16.2 Å². The van der Waals surface area contributed by atoms with Gasteiger partial charge in [-0.05, 0) is 48.0 Å². The summed E-state index contributed by atoms with van der Waals surface area (Å²) in [7, 11) is 1.25. The van der Waals surface area contributed by atoms with E-state index in [2.05, 4.69) is 4.98 Å². The summed E-state index contributed by atoms with van der Waals surface area (Å²) < 4.78 is 24.1. The van der Waals surface area contributed by atoms with Crippen molar-refractivity contribution in [2.45, 2.75) is 6.04 Å². The number of furan rings is 1. The number of aromatic nitrogens is 1. The Morgan fingerprint density at radius 2 is 1.88 bits per heavy atom. The van der Waals surface area contributed by atoms with Crippen LogP contribution >= 0.6 is 11.3 Å². The van der Waals surface area contributed by atoms with Crippen LogP contribution in [-0.2, 0) is 14.3 Å². The van der Waals surface area contributed by atoms with Gasteiger partial charge in [0.25, 0.3) is 5.91 Å². The molecule has 8 nitrogen and oxygen atoms in total. The predicted molar refractivity (Wildman–Crippen MR) is 119 cm³/mol. The van der Waals surface area contributed by atoms with Crippen molar-refractivity contribution in [3.8, 4) is 0 Å². The quantitative estimate of drug-likeness (QED) is 0.185. The Bertz CT molecular complexity index is 1440. The zero-order valence-electron chi connectivity index (χ0n) is 17.6. The third-order valence-corrected chi connectivity index (χ3v) is 6.59. The van der Waals surface area contributed by atoms with Crippen LogP contribution in [0, 0.1) is 11.7 Å². The Balaban J connectivity index is 1.65. The summed E-state index contributed by atoms with van der Waals surface area (Å²) in [5.41, 5.74) is 1.14. The van der Waals surface area contributed by atoms with Crippen LogP contribution in [0.3, 0.4) is 0 Å². The molecule has 2 aromatic heterocycles. The minimum Gasteiger partial charge on any atom is -0.465 e. The number of fused-ring (bicyclic) bond motifs is 1. The van der Waals surface area contributed by atoms with Gasteiger partial charge in [0.2, 0.25) is 11.6 Å². The van der Waals surface area contributed by atoms with Gasteiger partial charge in [-0.3, -0.25) is 19.3 Å². The number of amides is 1. The maximum absolute atomic E-state index is 13.7. The molecule has 1 amide bonds. The Morgan fingerprint density at radius 3 is 2.56 bits per heavy atom. The molecule has 3 heterocycles. The highest BCUT2D eigenvalue weighted by Crippen LogP contribution is 2.43. The first-order valence-electron chi connectivity index (χ1n) is 10.1. The maximum atomic E-state index is 13.7. The molecule has 1 saturated heterocycles. The number of benzene rings is 2. The fraction of sp³-hybridized carbons (Fsp3) is 0.125. The standard InChI is InChI=1S/C24H15FN2O6S/c1-32-23(31)13-6-4-12(5-7-13)19-18(20(28)16-3-2-10-33-16)21(29)22(30)27(19)24-26-15-9-8-14(25)11-17(15)34-24/h2-11,18-19H,1H3. The molecule has 10 heteroatoms. The monoisotopic (exact) mass is 478 g/mol. The van der Waals surface area contributed by atoms with E-state index in [1.165, 1.54) is 55.8 Å². The molecule has 0 saturated carbocycles. The van der Waals surface area contributed by atoms with E-state index in [1.54, 1.807) is 12.1 Å². The summed E-state index contributed by atoms with van der Waals surface area (Å²) in [6.45, 7) is 0. The Hall–Kier alpha value is -4.18. The van der Waals surface area contributed by atoms with Crippen molar-refractivity contribution in [3.63, 3.8) is 0 Å². The number of hydrogen-bond donors (Lipinski definition) is 0. The first-order valence-corrected chi connectivity index (χ1v) is 10.9. The lowest BCUT2D eigenvalue weighted by Gasteiger charge is -2.24. The maximum Gasteiger partial charge on any atom is 0.337 e. The smallest absolute Gasteiger partial charge is 0.337 e. The van der Waals surface area contributed by atoms with Crippen molar-refractivity contribution in [2.24, 2.45) is 5.92 Å². The van der Waals surface area contributed by atoms with Crippen LogP contribution in [0.4, 0.5) is 9.52 Å². The highest BCUT2D eigenvalue weighted by molar-refractivity contribution is 7.22. The second-order valence-electron chi connectivity index (χ2n) is 7.53. The van der Waals surface area contributed by atoms with Gasteiger partial charge in [-0.15, -0.1) is 0 Å². The third kappa shape index (κ3) is 3.48. The van der Waals surface area contributed by atoms with Gasteiger partial charge in [-0.1, -0.05) is 23.5 Å². The number of rotatable bonds is 5. The number of Topliss-reactive ketones (excluding diaryl/α,β-unsaturated/α-hetero) is 2. The van der Waals surface area contributed by atoms with Crippen LogP contribution in [0.15, 0.2) is 65.3 Å². The first-order chi connectivity index (χ1) is 16.4. The zero-order chi connectivity index (χ0) is 24.0. The molecule has 1 aliphatic rings. The number of hydrogen-bond acceptors (Lipinski definition) is 8. The predicted octanol–water partition coefficient (Wildman–Crippen LogP) is 3.97. The number of carbonyl (C=O) groups excluding carboxylic acids is 4. The molecule has 2 atom stereocenters. The summed E-state index contributed by atoms with van der Waals surface area (Å²) in [5, 5.41) is 0.149. The van der Waals surface area contributed by atoms with E-state index in [0.29, 0.717) is 15.8 Å². The van der Waals surface area contributed by atoms with Crippen LogP contribution in [0.1, 0.15) is 32.5 Å². The van der Waals surface area contributed by atoms with Crippen LogP contribution in [0.25, 0.3) is 10.2 Å². The topological polar surface area (TPSA) is 107 Å². The molecule has 0 bridgehead atoms. The van der Waals surface area contributed by atoms with Crippen molar-refractivity contribution >= 4 is 50.1 Å². The highest BCUT2D eigenvalue weighted by atomic mass is 32.1. The molecule has 0 radical (unpaired) electrons. The Kier molecular flexibility index (Phi) is 5.29. The lowest BCUT2D eigenvalue weighted by atomic mass is 9.88. The van der Waals surface area contributed by atoms with Gasteiger partial charge in [-0.25, -0.2) is 14.2 Å². The molecule has 4 aromatic rings. The van der Waals surface area contributed by atoms with E-state index < -0.39 is 41.2 Å². The van der Waals surface area contributed by atoms with Gasteiger partial charge in [0, 0.05) is 0 Å². The minimum absolute atomic E-state index is 0.0597. The number of ether oxygens (including phenoxy) is 1. The van der Waals surface area contributed by atoms with E-state index in [-0.39, 0.29) is 16.5 Å². The number of carbonyl (C=O) groups is 4. The molecular weight excluding hydrogens is 463 g/mol. The van der Waals surface area contributed by atoms with Crippen molar-refractivity contribution in [2.75, 3.05) is 12.0 Å². The van der Waals surface area contributed by atoms with E-state index in [1.807, 2.05) is 0 Å². The molecule has 0 aliphatic carbocycles. The number of esters is 1. The Morgan fingerprint density at radius 1 is 1.12 bits per heavy atom. The summed E-state index contributed by atoms with van der Waals surface area (Å²) in [4.78, 5) is 56.9.